The van der Waals surface area contributed by atoms with E-state index in [0.29, 0.717) is 10.8 Å². The molecule has 2 aromatic heterocycles. The number of rotatable bonds is 12. The molecule has 0 unspecified atom stereocenters. The first-order chi connectivity index (χ1) is 16.3. The highest BCUT2D eigenvalue weighted by molar-refractivity contribution is 7.93. The number of benzene rings is 1. The van der Waals surface area contributed by atoms with Gasteiger partial charge in [-0.25, -0.2) is 18.4 Å². The van der Waals surface area contributed by atoms with Crippen LogP contribution in [-0.2, 0) is 24.2 Å². The van der Waals surface area contributed by atoms with Gasteiger partial charge < -0.3 is 14.2 Å². The molecular formula is C21H27ClN6O5S. The lowest BCUT2D eigenvalue weighted by molar-refractivity contribution is 0.0907. The van der Waals surface area contributed by atoms with Gasteiger partial charge in [0.25, 0.3) is 0 Å². The highest BCUT2D eigenvalue weighted by Crippen LogP contribution is 2.29. The SMILES string of the molecule is COCC(COC)n1c(NS(=O)(=O)[C@@H](C)[C@H](OC)c2ncc(Cl)cn2)nnc1-c1ccccc1. The van der Waals surface area contributed by atoms with Crippen LogP contribution in [0.1, 0.15) is 24.9 Å². The average Bonchev–Trinajstić information content (AvgIpc) is 3.23. The molecule has 0 spiro atoms. The van der Waals surface area contributed by atoms with Crippen molar-refractivity contribution < 1.29 is 22.6 Å². The number of anilines is 1. The first-order valence-corrected chi connectivity index (χ1v) is 12.2. The quantitative estimate of drug-likeness (QED) is 0.390. The van der Waals surface area contributed by atoms with E-state index in [0.717, 1.165) is 5.56 Å². The van der Waals surface area contributed by atoms with E-state index in [2.05, 4.69) is 24.9 Å². The van der Waals surface area contributed by atoms with Gasteiger partial charge in [0.1, 0.15) is 11.4 Å². The predicted molar refractivity (Wildman–Crippen MR) is 127 cm³/mol. The van der Waals surface area contributed by atoms with Crippen molar-refractivity contribution in [1.82, 2.24) is 24.7 Å². The molecule has 0 aliphatic carbocycles. The molecule has 0 bridgehead atoms. The van der Waals surface area contributed by atoms with Crippen molar-refractivity contribution in [2.45, 2.75) is 24.3 Å². The number of hydrogen-bond donors (Lipinski definition) is 1. The second-order valence-electron chi connectivity index (χ2n) is 7.42. The van der Waals surface area contributed by atoms with E-state index in [1.54, 1.807) is 18.8 Å². The van der Waals surface area contributed by atoms with Crippen LogP contribution in [-0.4, -0.2) is 72.9 Å². The number of hydrogen-bond acceptors (Lipinski definition) is 9. The molecule has 0 aliphatic rings. The number of halogens is 1. The van der Waals surface area contributed by atoms with Crippen molar-refractivity contribution in [3.05, 3.63) is 53.6 Å². The van der Waals surface area contributed by atoms with Crippen LogP contribution >= 0.6 is 11.6 Å². The van der Waals surface area contributed by atoms with Gasteiger partial charge in [-0.05, 0) is 6.92 Å². The minimum Gasteiger partial charge on any atom is -0.382 e. The Morgan fingerprint density at radius 2 is 1.65 bits per heavy atom. The first kappa shape index (κ1) is 26.0. The van der Waals surface area contributed by atoms with E-state index < -0.39 is 27.4 Å². The summed E-state index contributed by atoms with van der Waals surface area (Å²) in [6.45, 7) is 1.99. The molecule has 184 valence electrons. The molecule has 2 heterocycles. The Hall–Kier alpha value is -2.64. The Bertz CT molecular complexity index is 1150. The highest BCUT2D eigenvalue weighted by Gasteiger charge is 2.35. The van der Waals surface area contributed by atoms with E-state index in [1.165, 1.54) is 26.4 Å². The van der Waals surface area contributed by atoms with Gasteiger partial charge in [0.15, 0.2) is 11.6 Å². The molecule has 1 N–H and O–H groups in total. The summed E-state index contributed by atoms with van der Waals surface area (Å²) >= 11 is 5.85. The Kier molecular flexibility index (Phi) is 8.91. The first-order valence-electron chi connectivity index (χ1n) is 10.3. The molecule has 0 radical (unpaired) electrons. The summed E-state index contributed by atoms with van der Waals surface area (Å²) in [5.74, 6) is 0.680. The zero-order chi connectivity index (χ0) is 24.7. The van der Waals surface area contributed by atoms with Gasteiger partial charge in [-0.2, -0.15) is 0 Å². The molecule has 2 atom stereocenters. The second-order valence-corrected chi connectivity index (χ2v) is 9.89. The average molecular weight is 511 g/mol. The maximum absolute atomic E-state index is 13.4. The monoisotopic (exact) mass is 510 g/mol. The van der Waals surface area contributed by atoms with E-state index in [4.69, 9.17) is 25.8 Å². The smallest absolute Gasteiger partial charge is 0.240 e. The van der Waals surface area contributed by atoms with Gasteiger partial charge in [-0.3, -0.25) is 9.29 Å². The summed E-state index contributed by atoms with van der Waals surface area (Å²) in [6.07, 6.45) is 1.81. The Balaban J connectivity index is 1.99. The van der Waals surface area contributed by atoms with Crippen LogP contribution in [0, 0.1) is 0 Å². The summed E-state index contributed by atoms with van der Waals surface area (Å²) in [4.78, 5) is 8.21. The second kappa shape index (κ2) is 11.7. The van der Waals surface area contributed by atoms with Gasteiger partial charge in [0.2, 0.25) is 16.0 Å². The fraction of sp³-hybridized carbons (Fsp3) is 0.429. The van der Waals surface area contributed by atoms with E-state index >= 15 is 0 Å². The molecule has 0 fully saturated rings. The third kappa shape index (κ3) is 5.88. The normalized spacial score (nSPS) is 13.7. The minimum atomic E-state index is -4.03. The molecule has 11 nitrogen and oxygen atoms in total. The molecule has 0 amide bonds. The Morgan fingerprint density at radius 1 is 1.03 bits per heavy atom. The fourth-order valence-electron chi connectivity index (χ4n) is 3.43. The van der Waals surface area contributed by atoms with E-state index in [9.17, 15) is 8.42 Å². The van der Waals surface area contributed by atoms with Crippen LogP contribution < -0.4 is 4.72 Å². The predicted octanol–water partition coefficient (Wildman–Crippen LogP) is 2.74. The van der Waals surface area contributed by atoms with Crippen molar-refractivity contribution >= 4 is 27.6 Å². The zero-order valence-corrected chi connectivity index (χ0v) is 20.8. The molecule has 3 aromatic rings. The largest absolute Gasteiger partial charge is 0.382 e. The van der Waals surface area contributed by atoms with Crippen LogP contribution in [0.5, 0.6) is 0 Å². The summed E-state index contributed by atoms with van der Waals surface area (Å²) < 4.78 is 47.1. The van der Waals surface area contributed by atoms with Crippen molar-refractivity contribution in [2.75, 3.05) is 39.3 Å². The number of ether oxygens (including phenoxy) is 3. The highest BCUT2D eigenvalue weighted by atomic mass is 35.5. The maximum Gasteiger partial charge on any atom is 0.240 e. The lowest BCUT2D eigenvalue weighted by Gasteiger charge is -2.24. The molecule has 0 saturated heterocycles. The minimum absolute atomic E-state index is 0.0247. The number of nitrogens with zero attached hydrogens (tertiary/aromatic N) is 5. The third-order valence-electron chi connectivity index (χ3n) is 5.11. The third-order valence-corrected chi connectivity index (χ3v) is 7.00. The summed E-state index contributed by atoms with van der Waals surface area (Å²) in [7, 11) is 0.460. The molecule has 34 heavy (non-hydrogen) atoms. The summed E-state index contributed by atoms with van der Waals surface area (Å²) in [5.41, 5.74) is 0.759. The van der Waals surface area contributed by atoms with Crippen LogP contribution in [0.4, 0.5) is 5.95 Å². The molecule has 0 saturated carbocycles. The Labute approximate surface area is 203 Å². The number of aromatic nitrogens is 5. The lowest BCUT2D eigenvalue weighted by Crippen LogP contribution is -2.34. The van der Waals surface area contributed by atoms with Gasteiger partial charge in [-0.15, -0.1) is 10.2 Å². The van der Waals surface area contributed by atoms with Gasteiger partial charge in [0.05, 0.1) is 24.3 Å². The van der Waals surface area contributed by atoms with Gasteiger partial charge in [-0.1, -0.05) is 41.9 Å². The molecule has 1 aromatic carbocycles. The summed E-state index contributed by atoms with van der Waals surface area (Å²) in [6, 6.07) is 8.91. The molecular weight excluding hydrogens is 484 g/mol. The molecule has 3 rings (SSSR count). The number of nitrogens with one attached hydrogen (secondary N) is 1. The van der Waals surface area contributed by atoms with Crippen LogP contribution in [0.25, 0.3) is 11.4 Å². The van der Waals surface area contributed by atoms with Crippen molar-refractivity contribution in [3.63, 3.8) is 0 Å². The number of methoxy groups -OCH3 is 3. The Morgan fingerprint density at radius 3 is 2.21 bits per heavy atom. The zero-order valence-electron chi connectivity index (χ0n) is 19.3. The van der Waals surface area contributed by atoms with Crippen LogP contribution in [0.2, 0.25) is 5.02 Å². The van der Waals surface area contributed by atoms with Gasteiger partial charge >= 0.3 is 0 Å². The fourth-order valence-corrected chi connectivity index (χ4v) is 4.67. The standard InChI is InChI=1S/C21H27ClN6O5S/c1-14(18(33-4)19-23-10-16(22)11-24-19)34(29,30)27-21-26-25-20(15-8-6-5-7-9-15)28(21)17(12-31-2)13-32-3/h5-11,14,17-18H,12-13H2,1-4H3,(H,26,27)/t14-,18-/m0/s1. The maximum atomic E-state index is 13.4. The van der Waals surface area contributed by atoms with Crippen molar-refractivity contribution in [3.8, 4) is 11.4 Å². The van der Waals surface area contributed by atoms with E-state index in [-0.39, 0.29) is 25.0 Å². The topological polar surface area (TPSA) is 130 Å². The van der Waals surface area contributed by atoms with E-state index in [1.807, 2.05) is 30.3 Å². The van der Waals surface area contributed by atoms with Crippen LogP contribution in [0.3, 0.4) is 0 Å². The van der Waals surface area contributed by atoms with Gasteiger partial charge in [0, 0.05) is 39.3 Å². The number of sulfonamides is 1. The molecule has 0 aliphatic heterocycles. The lowest BCUT2D eigenvalue weighted by atomic mass is 10.2. The summed E-state index contributed by atoms with van der Waals surface area (Å²) in [5, 5.41) is 7.64. The van der Waals surface area contributed by atoms with Crippen molar-refractivity contribution in [1.29, 1.82) is 0 Å². The van der Waals surface area contributed by atoms with Crippen molar-refractivity contribution in [2.24, 2.45) is 0 Å². The van der Waals surface area contributed by atoms with Crippen LogP contribution in [0.15, 0.2) is 42.7 Å². The molecule has 13 heteroatoms.